The van der Waals surface area contributed by atoms with Crippen molar-refractivity contribution in [2.45, 2.75) is 20.3 Å². The molecule has 0 spiro atoms. The van der Waals surface area contributed by atoms with Crippen molar-refractivity contribution in [3.05, 3.63) is 101 Å². The molecule has 0 aliphatic heterocycles. The second-order valence-corrected chi connectivity index (χ2v) is 7.21. The molecule has 4 rings (SSSR count). The molecule has 0 unspecified atom stereocenters. The minimum absolute atomic E-state index is 0.894. The highest BCUT2D eigenvalue weighted by Crippen LogP contribution is 2.33. The van der Waals surface area contributed by atoms with E-state index < -0.39 is 0 Å². The lowest BCUT2D eigenvalue weighted by Crippen LogP contribution is -1.95. The van der Waals surface area contributed by atoms with Crippen LogP contribution in [0.15, 0.2) is 78.9 Å². The van der Waals surface area contributed by atoms with Crippen LogP contribution < -0.4 is 4.74 Å². The van der Waals surface area contributed by atoms with Crippen molar-refractivity contribution in [3.63, 3.8) is 0 Å². The summed E-state index contributed by atoms with van der Waals surface area (Å²) in [6.45, 7) is 4.28. The Morgan fingerprint density at radius 3 is 2.11 bits per heavy atom. The van der Waals surface area contributed by atoms with Crippen LogP contribution in [0.2, 0.25) is 0 Å². The van der Waals surface area contributed by atoms with Crippen molar-refractivity contribution < 1.29 is 4.74 Å². The minimum Gasteiger partial charge on any atom is -0.497 e. The predicted octanol–water partition coefficient (Wildman–Crippen LogP) is 6.72. The number of fused-ring (bicyclic) bond motifs is 1. The van der Waals surface area contributed by atoms with Crippen LogP contribution in [0.5, 0.6) is 5.75 Å². The van der Waals surface area contributed by atoms with Crippen molar-refractivity contribution in [1.82, 2.24) is 0 Å². The van der Waals surface area contributed by atoms with Gasteiger partial charge in [0, 0.05) is 0 Å². The fourth-order valence-electron chi connectivity index (χ4n) is 3.66. The van der Waals surface area contributed by atoms with Crippen molar-refractivity contribution in [1.29, 1.82) is 0 Å². The molecule has 0 aliphatic rings. The molecule has 0 saturated heterocycles. The summed E-state index contributed by atoms with van der Waals surface area (Å²) in [5, 5.41) is 2.63. The maximum Gasteiger partial charge on any atom is 0.118 e. The molecule has 27 heavy (non-hydrogen) atoms. The van der Waals surface area contributed by atoms with E-state index in [0.29, 0.717) is 0 Å². The molecule has 0 amide bonds. The van der Waals surface area contributed by atoms with Gasteiger partial charge in [-0.2, -0.15) is 0 Å². The van der Waals surface area contributed by atoms with E-state index in [2.05, 4.69) is 80.6 Å². The van der Waals surface area contributed by atoms with Gasteiger partial charge < -0.3 is 4.74 Å². The molecule has 0 heterocycles. The normalized spacial score (nSPS) is 10.9. The molecule has 0 radical (unpaired) electrons. The lowest BCUT2D eigenvalue weighted by molar-refractivity contribution is 0.414. The SMILES string of the molecule is COc1ccc(Cc2c(-c3ccc(C)cc3)ccc3cc(C)ccc23)cc1. The third-order valence-electron chi connectivity index (χ3n) is 5.19. The van der Waals surface area contributed by atoms with Gasteiger partial charge in [-0.25, -0.2) is 0 Å². The molecule has 134 valence electrons. The second kappa shape index (κ2) is 7.28. The summed E-state index contributed by atoms with van der Waals surface area (Å²) in [7, 11) is 1.71. The monoisotopic (exact) mass is 352 g/mol. The Bertz CT molecular complexity index is 1070. The van der Waals surface area contributed by atoms with E-state index in [1.54, 1.807) is 7.11 Å². The summed E-state index contributed by atoms with van der Waals surface area (Å²) < 4.78 is 5.31. The largest absolute Gasteiger partial charge is 0.497 e. The first-order chi connectivity index (χ1) is 13.1. The van der Waals surface area contributed by atoms with E-state index in [1.807, 2.05) is 12.1 Å². The number of rotatable bonds is 4. The number of hydrogen-bond donors (Lipinski definition) is 0. The topological polar surface area (TPSA) is 9.23 Å². The zero-order valence-electron chi connectivity index (χ0n) is 16.1. The van der Waals surface area contributed by atoms with Gasteiger partial charge in [-0.3, -0.25) is 0 Å². The summed E-state index contributed by atoms with van der Waals surface area (Å²) in [6.07, 6.45) is 0.896. The Kier molecular flexibility index (Phi) is 4.68. The average Bonchev–Trinajstić information content (AvgIpc) is 2.69. The fourth-order valence-corrected chi connectivity index (χ4v) is 3.66. The van der Waals surface area contributed by atoms with Crippen LogP contribution >= 0.6 is 0 Å². The lowest BCUT2D eigenvalue weighted by Gasteiger charge is -2.15. The summed E-state index contributed by atoms with van der Waals surface area (Å²) in [5.74, 6) is 0.894. The maximum absolute atomic E-state index is 5.31. The summed E-state index contributed by atoms with van der Waals surface area (Å²) in [5.41, 5.74) is 7.82. The van der Waals surface area contributed by atoms with Crippen LogP contribution in [0.4, 0.5) is 0 Å². The van der Waals surface area contributed by atoms with Crippen LogP contribution in [-0.4, -0.2) is 7.11 Å². The van der Waals surface area contributed by atoms with E-state index in [4.69, 9.17) is 4.74 Å². The zero-order chi connectivity index (χ0) is 18.8. The zero-order valence-corrected chi connectivity index (χ0v) is 16.1. The third kappa shape index (κ3) is 3.59. The highest BCUT2D eigenvalue weighted by atomic mass is 16.5. The second-order valence-electron chi connectivity index (χ2n) is 7.21. The number of ether oxygens (including phenoxy) is 1. The fraction of sp³-hybridized carbons (Fsp3) is 0.154. The van der Waals surface area contributed by atoms with Crippen LogP contribution in [0.1, 0.15) is 22.3 Å². The Morgan fingerprint density at radius 1 is 0.704 bits per heavy atom. The van der Waals surface area contributed by atoms with Crippen LogP contribution in [0.25, 0.3) is 21.9 Å². The van der Waals surface area contributed by atoms with Crippen LogP contribution in [0, 0.1) is 13.8 Å². The average molecular weight is 352 g/mol. The van der Waals surface area contributed by atoms with Gasteiger partial charge >= 0.3 is 0 Å². The highest BCUT2D eigenvalue weighted by molar-refractivity contribution is 5.92. The van der Waals surface area contributed by atoms with Gasteiger partial charge in [-0.1, -0.05) is 77.9 Å². The molecule has 1 nitrogen and oxygen atoms in total. The molecule has 1 heteroatoms. The third-order valence-corrected chi connectivity index (χ3v) is 5.19. The van der Waals surface area contributed by atoms with E-state index in [0.717, 1.165) is 12.2 Å². The van der Waals surface area contributed by atoms with Gasteiger partial charge in [-0.15, -0.1) is 0 Å². The molecule has 0 aliphatic carbocycles. The van der Waals surface area contributed by atoms with Crippen molar-refractivity contribution in [2.24, 2.45) is 0 Å². The van der Waals surface area contributed by atoms with Crippen LogP contribution in [0.3, 0.4) is 0 Å². The molecular weight excluding hydrogens is 328 g/mol. The molecule has 0 atom stereocenters. The van der Waals surface area contributed by atoms with E-state index in [-0.39, 0.29) is 0 Å². The number of hydrogen-bond acceptors (Lipinski definition) is 1. The smallest absolute Gasteiger partial charge is 0.118 e. The molecule has 4 aromatic rings. The van der Waals surface area contributed by atoms with Crippen molar-refractivity contribution in [2.75, 3.05) is 7.11 Å². The number of methoxy groups -OCH3 is 1. The highest BCUT2D eigenvalue weighted by Gasteiger charge is 2.11. The lowest BCUT2D eigenvalue weighted by atomic mass is 9.89. The van der Waals surface area contributed by atoms with E-state index >= 15 is 0 Å². The van der Waals surface area contributed by atoms with Gasteiger partial charge in [0.05, 0.1) is 7.11 Å². The number of aryl methyl sites for hydroxylation is 2. The standard InChI is InChI=1S/C26H24O/c1-18-4-9-21(10-5-18)24-15-11-22-16-19(2)6-14-25(22)26(24)17-20-7-12-23(27-3)13-8-20/h4-16H,17H2,1-3H3. The molecule has 0 bridgehead atoms. The predicted molar refractivity (Wildman–Crippen MR) is 115 cm³/mol. The molecule has 4 aromatic carbocycles. The van der Waals surface area contributed by atoms with Crippen molar-refractivity contribution >= 4 is 10.8 Å². The van der Waals surface area contributed by atoms with E-state index in [9.17, 15) is 0 Å². The van der Waals surface area contributed by atoms with Gasteiger partial charge in [0.2, 0.25) is 0 Å². The molecule has 0 fully saturated rings. The van der Waals surface area contributed by atoms with Crippen molar-refractivity contribution in [3.8, 4) is 16.9 Å². The van der Waals surface area contributed by atoms with E-state index in [1.165, 1.54) is 44.2 Å². The molecule has 0 N–H and O–H groups in total. The first-order valence-electron chi connectivity index (χ1n) is 9.36. The summed E-state index contributed by atoms with van der Waals surface area (Å²) >= 11 is 0. The first-order valence-corrected chi connectivity index (χ1v) is 9.36. The Morgan fingerprint density at radius 2 is 1.41 bits per heavy atom. The Hall–Kier alpha value is -3.06. The van der Waals surface area contributed by atoms with Gasteiger partial charge in [0.1, 0.15) is 5.75 Å². The first kappa shape index (κ1) is 17.4. The summed E-state index contributed by atoms with van der Waals surface area (Å²) in [6, 6.07) is 28.5. The number of benzene rings is 4. The van der Waals surface area contributed by atoms with Gasteiger partial charge in [0.25, 0.3) is 0 Å². The molecular formula is C26H24O. The van der Waals surface area contributed by atoms with Gasteiger partial charge in [0.15, 0.2) is 0 Å². The van der Waals surface area contributed by atoms with Gasteiger partial charge in [-0.05, 0) is 65.4 Å². The molecule has 0 aromatic heterocycles. The quantitative estimate of drug-likeness (QED) is 0.396. The summed E-state index contributed by atoms with van der Waals surface area (Å²) in [4.78, 5) is 0. The molecule has 0 saturated carbocycles. The Balaban J connectivity index is 1.87. The Labute approximate surface area is 161 Å². The van der Waals surface area contributed by atoms with Crippen LogP contribution in [-0.2, 0) is 6.42 Å². The maximum atomic E-state index is 5.31. The minimum atomic E-state index is 0.894.